The number of rotatable bonds is 6. The molecule has 6 heteroatoms. The first kappa shape index (κ1) is 16.3. The zero-order valence-corrected chi connectivity index (χ0v) is 11.7. The number of halogens is 3. The summed E-state index contributed by atoms with van der Waals surface area (Å²) in [7, 11) is 0. The van der Waals surface area contributed by atoms with E-state index in [4.69, 9.17) is 5.73 Å². The zero-order valence-electron chi connectivity index (χ0n) is 11.7. The minimum absolute atomic E-state index is 0.116. The maximum atomic E-state index is 12.6. The summed E-state index contributed by atoms with van der Waals surface area (Å²) in [6, 6.07) is -1.24. The van der Waals surface area contributed by atoms with Crippen LogP contribution in [0.5, 0.6) is 0 Å². The molecule has 0 aliphatic heterocycles. The van der Waals surface area contributed by atoms with E-state index in [9.17, 15) is 18.0 Å². The van der Waals surface area contributed by atoms with Crippen LogP contribution in [0, 0.1) is 11.8 Å². The molecule has 2 N–H and O–H groups in total. The fraction of sp³-hybridized carbons (Fsp3) is 0.923. The number of hydrogen-bond donors (Lipinski definition) is 1. The van der Waals surface area contributed by atoms with Crippen molar-refractivity contribution in [3.8, 4) is 0 Å². The molecule has 0 spiro atoms. The SMILES string of the molecule is CCC(C)C(N)C(=O)N(CC(F)(F)F)C(C)C1CC1. The van der Waals surface area contributed by atoms with Crippen molar-refractivity contribution in [3.63, 3.8) is 0 Å². The molecule has 1 rings (SSSR count). The molecule has 1 amide bonds. The Morgan fingerprint density at radius 1 is 1.37 bits per heavy atom. The van der Waals surface area contributed by atoms with Gasteiger partial charge >= 0.3 is 6.18 Å². The van der Waals surface area contributed by atoms with E-state index < -0.39 is 24.7 Å². The van der Waals surface area contributed by atoms with Crippen LogP contribution in [0.3, 0.4) is 0 Å². The van der Waals surface area contributed by atoms with E-state index in [1.165, 1.54) is 0 Å². The first-order valence-corrected chi connectivity index (χ1v) is 6.80. The van der Waals surface area contributed by atoms with Gasteiger partial charge in [0.05, 0.1) is 6.04 Å². The number of carbonyl (C=O) groups is 1. The maximum absolute atomic E-state index is 12.6. The van der Waals surface area contributed by atoms with Crippen LogP contribution in [0.2, 0.25) is 0 Å². The van der Waals surface area contributed by atoms with Crippen LogP contribution in [0.4, 0.5) is 13.2 Å². The third-order valence-electron chi connectivity index (χ3n) is 3.97. The number of hydrogen-bond acceptors (Lipinski definition) is 2. The molecule has 3 atom stereocenters. The third-order valence-corrected chi connectivity index (χ3v) is 3.97. The van der Waals surface area contributed by atoms with E-state index in [0.29, 0.717) is 6.42 Å². The van der Waals surface area contributed by atoms with E-state index >= 15 is 0 Å². The van der Waals surface area contributed by atoms with Gasteiger partial charge in [0.2, 0.25) is 5.91 Å². The molecule has 1 saturated carbocycles. The van der Waals surface area contributed by atoms with Crippen molar-refractivity contribution in [2.24, 2.45) is 17.6 Å². The van der Waals surface area contributed by atoms with Crippen molar-refractivity contribution in [2.45, 2.75) is 58.3 Å². The molecule has 0 bridgehead atoms. The van der Waals surface area contributed by atoms with Crippen molar-refractivity contribution in [1.82, 2.24) is 4.90 Å². The topological polar surface area (TPSA) is 46.3 Å². The van der Waals surface area contributed by atoms with Crippen LogP contribution < -0.4 is 5.73 Å². The fourth-order valence-corrected chi connectivity index (χ4v) is 2.14. The van der Waals surface area contributed by atoms with Crippen LogP contribution in [-0.4, -0.2) is 35.6 Å². The lowest BCUT2D eigenvalue weighted by Crippen LogP contribution is -2.53. The summed E-state index contributed by atoms with van der Waals surface area (Å²) in [5.74, 6) is -0.504. The molecule has 1 aliphatic carbocycles. The highest BCUT2D eigenvalue weighted by Gasteiger charge is 2.42. The van der Waals surface area contributed by atoms with Gasteiger partial charge in [0, 0.05) is 6.04 Å². The van der Waals surface area contributed by atoms with E-state index in [0.717, 1.165) is 17.7 Å². The Labute approximate surface area is 112 Å². The number of carbonyl (C=O) groups excluding carboxylic acids is 1. The van der Waals surface area contributed by atoms with Crippen molar-refractivity contribution < 1.29 is 18.0 Å². The van der Waals surface area contributed by atoms with Crippen LogP contribution in [0.1, 0.15) is 40.0 Å². The molecule has 1 fully saturated rings. The molecule has 0 saturated heterocycles. The minimum Gasteiger partial charge on any atom is -0.329 e. The summed E-state index contributed by atoms with van der Waals surface area (Å²) in [6.45, 7) is 4.14. The van der Waals surface area contributed by atoms with Crippen molar-refractivity contribution in [1.29, 1.82) is 0 Å². The van der Waals surface area contributed by atoms with Crippen molar-refractivity contribution in [3.05, 3.63) is 0 Å². The van der Waals surface area contributed by atoms with Gasteiger partial charge in [0.1, 0.15) is 6.54 Å². The van der Waals surface area contributed by atoms with Gasteiger partial charge in [-0.1, -0.05) is 20.3 Å². The van der Waals surface area contributed by atoms with E-state index in [2.05, 4.69) is 0 Å². The Balaban J connectivity index is 2.79. The van der Waals surface area contributed by atoms with Gasteiger partial charge in [-0.15, -0.1) is 0 Å². The molecule has 0 aromatic heterocycles. The smallest absolute Gasteiger partial charge is 0.329 e. The summed E-state index contributed by atoms with van der Waals surface area (Å²) in [5, 5.41) is 0. The molecular weight excluding hydrogens is 257 g/mol. The number of nitrogens with zero attached hydrogens (tertiary/aromatic N) is 1. The molecule has 1 aliphatic rings. The van der Waals surface area contributed by atoms with Gasteiger partial charge in [-0.25, -0.2) is 0 Å². The second kappa shape index (κ2) is 6.11. The van der Waals surface area contributed by atoms with E-state index in [1.807, 2.05) is 6.92 Å². The highest BCUT2D eigenvalue weighted by atomic mass is 19.4. The quantitative estimate of drug-likeness (QED) is 0.812. The zero-order chi connectivity index (χ0) is 14.8. The summed E-state index contributed by atoms with van der Waals surface area (Å²) in [6.07, 6.45) is -1.93. The normalized spacial score (nSPS) is 20.8. The van der Waals surface area contributed by atoms with Crippen molar-refractivity contribution >= 4 is 5.91 Å². The summed E-state index contributed by atoms with van der Waals surface area (Å²) in [5.41, 5.74) is 5.79. The van der Waals surface area contributed by atoms with Gasteiger partial charge in [-0.05, 0) is 31.6 Å². The monoisotopic (exact) mass is 280 g/mol. The molecule has 19 heavy (non-hydrogen) atoms. The Morgan fingerprint density at radius 2 is 1.89 bits per heavy atom. The van der Waals surface area contributed by atoms with Crippen LogP contribution in [-0.2, 0) is 4.79 Å². The Hall–Kier alpha value is -0.780. The molecular formula is C13H23F3N2O. The van der Waals surface area contributed by atoms with Gasteiger partial charge in [0.25, 0.3) is 0 Å². The lowest BCUT2D eigenvalue weighted by molar-refractivity contribution is -0.167. The highest BCUT2D eigenvalue weighted by Crippen LogP contribution is 2.36. The molecule has 0 aromatic carbocycles. The lowest BCUT2D eigenvalue weighted by atomic mass is 9.98. The van der Waals surface area contributed by atoms with Gasteiger partial charge in [-0.3, -0.25) is 4.79 Å². The summed E-state index contributed by atoms with van der Waals surface area (Å²) in [4.78, 5) is 13.1. The number of nitrogens with two attached hydrogens (primary N) is 1. The predicted molar refractivity (Wildman–Crippen MR) is 67.4 cm³/mol. The first-order chi connectivity index (χ1) is 8.67. The minimum atomic E-state index is -4.38. The average molecular weight is 280 g/mol. The second-order valence-electron chi connectivity index (χ2n) is 5.57. The molecule has 0 heterocycles. The van der Waals surface area contributed by atoms with Gasteiger partial charge in [0.15, 0.2) is 0 Å². The largest absolute Gasteiger partial charge is 0.406 e. The molecule has 0 aromatic rings. The van der Waals surface area contributed by atoms with Crippen molar-refractivity contribution in [2.75, 3.05) is 6.54 Å². The van der Waals surface area contributed by atoms with E-state index in [1.54, 1.807) is 13.8 Å². The highest BCUT2D eigenvalue weighted by molar-refractivity contribution is 5.82. The standard InChI is InChI=1S/C13H23F3N2O/c1-4-8(2)11(17)12(19)18(7-13(14,15)16)9(3)10-5-6-10/h8-11H,4-7,17H2,1-3H3. The first-order valence-electron chi connectivity index (χ1n) is 6.80. The Kier molecular flexibility index (Phi) is 5.24. The third kappa shape index (κ3) is 4.67. The second-order valence-corrected chi connectivity index (χ2v) is 5.57. The molecule has 3 nitrogen and oxygen atoms in total. The molecule has 112 valence electrons. The Bertz CT molecular complexity index is 316. The number of amides is 1. The van der Waals surface area contributed by atoms with E-state index in [-0.39, 0.29) is 17.9 Å². The number of alkyl halides is 3. The van der Waals surface area contributed by atoms with Crippen LogP contribution >= 0.6 is 0 Å². The summed E-state index contributed by atoms with van der Waals surface area (Å²) < 4.78 is 37.9. The van der Waals surface area contributed by atoms with Gasteiger partial charge in [-0.2, -0.15) is 13.2 Å². The average Bonchev–Trinajstić information content (AvgIpc) is 3.15. The fourth-order valence-electron chi connectivity index (χ4n) is 2.14. The lowest BCUT2D eigenvalue weighted by Gasteiger charge is -2.33. The van der Waals surface area contributed by atoms with Crippen LogP contribution in [0.15, 0.2) is 0 Å². The predicted octanol–water partition coefficient (Wildman–Crippen LogP) is 2.55. The maximum Gasteiger partial charge on any atom is 0.406 e. The van der Waals surface area contributed by atoms with Gasteiger partial charge < -0.3 is 10.6 Å². The summed E-state index contributed by atoms with van der Waals surface area (Å²) >= 11 is 0. The van der Waals surface area contributed by atoms with Crippen LogP contribution in [0.25, 0.3) is 0 Å². The Morgan fingerprint density at radius 3 is 2.26 bits per heavy atom. The molecule has 0 radical (unpaired) electrons. The molecule has 3 unspecified atom stereocenters.